The van der Waals surface area contributed by atoms with E-state index in [0.29, 0.717) is 0 Å². The van der Waals surface area contributed by atoms with Gasteiger partial charge in [-0.05, 0) is 30.4 Å². The standard InChI is InChI=1S/C16H24N2/c1-2-6-15-13-18(11-9-14(15)5-1)12-10-17-16-7-3-4-8-16/h1-2,5-6,16-17H,3-4,7-13H2. The molecular formula is C16H24N2. The van der Waals surface area contributed by atoms with Gasteiger partial charge in [-0.2, -0.15) is 0 Å². The van der Waals surface area contributed by atoms with Gasteiger partial charge in [0.1, 0.15) is 0 Å². The number of nitrogens with one attached hydrogen (secondary N) is 1. The Bertz CT molecular complexity index is 382. The largest absolute Gasteiger partial charge is 0.313 e. The van der Waals surface area contributed by atoms with E-state index in [9.17, 15) is 0 Å². The van der Waals surface area contributed by atoms with Crippen molar-refractivity contribution >= 4 is 0 Å². The molecule has 0 spiro atoms. The van der Waals surface area contributed by atoms with Crippen molar-refractivity contribution in [2.75, 3.05) is 19.6 Å². The highest BCUT2D eigenvalue weighted by Crippen LogP contribution is 2.19. The molecule has 1 aliphatic carbocycles. The molecule has 1 saturated carbocycles. The molecular weight excluding hydrogens is 220 g/mol. The summed E-state index contributed by atoms with van der Waals surface area (Å²) in [6, 6.07) is 9.70. The molecule has 2 nitrogen and oxygen atoms in total. The van der Waals surface area contributed by atoms with Gasteiger partial charge < -0.3 is 5.32 Å². The number of hydrogen-bond acceptors (Lipinski definition) is 2. The fourth-order valence-electron chi connectivity index (χ4n) is 3.30. The van der Waals surface area contributed by atoms with Crippen molar-refractivity contribution in [2.24, 2.45) is 0 Å². The third-order valence-corrected chi connectivity index (χ3v) is 4.43. The highest BCUT2D eigenvalue weighted by Gasteiger charge is 2.17. The van der Waals surface area contributed by atoms with Crippen LogP contribution in [0.25, 0.3) is 0 Å². The molecule has 2 heteroatoms. The summed E-state index contributed by atoms with van der Waals surface area (Å²) in [5.74, 6) is 0. The van der Waals surface area contributed by atoms with Crippen molar-refractivity contribution in [2.45, 2.75) is 44.7 Å². The molecule has 0 amide bonds. The third kappa shape index (κ3) is 2.93. The highest BCUT2D eigenvalue weighted by molar-refractivity contribution is 5.28. The number of hydrogen-bond donors (Lipinski definition) is 1. The first-order chi connectivity index (χ1) is 8.92. The Kier molecular flexibility index (Phi) is 3.96. The molecule has 18 heavy (non-hydrogen) atoms. The van der Waals surface area contributed by atoms with Gasteiger partial charge in [-0.1, -0.05) is 37.1 Å². The van der Waals surface area contributed by atoms with Crippen molar-refractivity contribution in [3.63, 3.8) is 0 Å². The first-order valence-corrected chi connectivity index (χ1v) is 7.44. The Labute approximate surface area is 110 Å². The number of nitrogens with zero attached hydrogens (tertiary/aromatic N) is 1. The van der Waals surface area contributed by atoms with Crippen molar-refractivity contribution in [3.8, 4) is 0 Å². The van der Waals surface area contributed by atoms with Gasteiger partial charge in [0, 0.05) is 32.2 Å². The van der Waals surface area contributed by atoms with Crippen LogP contribution in [0.5, 0.6) is 0 Å². The van der Waals surface area contributed by atoms with Gasteiger partial charge in [0.15, 0.2) is 0 Å². The molecule has 1 N–H and O–H groups in total. The van der Waals surface area contributed by atoms with Crippen LogP contribution in [0.1, 0.15) is 36.8 Å². The smallest absolute Gasteiger partial charge is 0.0237 e. The first-order valence-electron chi connectivity index (χ1n) is 7.44. The Morgan fingerprint density at radius 1 is 1.11 bits per heavy atom. The minimum Gasteiger partial charge on any atom is -0.313 e. The predicted octanol–water partition coefficient (Wildman–Crippen LogP) is 2.58. The zero-order valence-corrected chi connectivity index (χ0v) is 11.2. The van der Waals surface area contributed by atoms with E-state index in [1.165, 1.54) is 50.8 Å². The molecule has 1 aromatic rings. The monoisotopic (exact) mass is 244 g/mol. The molecule has 1 fully saturated rings. The van der Waals surface area contributed by atoms with E-state index < -0.39 is 0 Å². The summed E-state index contributed by atoms with van der Waals surface area (Å²) in [6.07, 6.45) is 6.86. The van der Waals surface area contributed by atoms with Gasteiger partial charge in [-0.15, -0.1) is 0 Å². The second-order valence-electron chi connectivity index (χ2n) is 5.73. The maximum absolute atomic E-state index is 3.71. The zero-order chi connectivity index (χ0) is 12.2. The lowest BCUT2D eigenvalue weighted by atomic mass is 10.00. The Morgan fingerprint density at radius 3 is 2.72 bits per heavy atom. The summed E-state index contributed by atoms with van der Waals surface area (Å²) < 4.78 is 0. The lowest BCUT2D eigenvalue weighted by Gasteiger charge is -2.29. The molecule has 1 heterocycles. The predicted molar refractivity (Wildman–Crippen MR) is 75.7 cm³/mol. The molecule has 0 unspecified atom stereocenters. The maximum atomic E-state index is 3.71. The lowest BCUT2D eigenvalue weighted by molar-refractivity contribution is 0.250. The van der Waals surface area contributed by atoms with E-state index in [-0.39, 0.29) is 0 Å². The second kappa shape index (κ2) is 5.85. The molecule has 0 saturated heterocycles. The molecule has 1 aliphatic heterocycles. The minimum atomic E-state index is 0.807. The minimum absolute atomic E-state index is 0.807. The van der Waals surface area contributed by atoms with E-state index in [4.69, 9.17) is 0 Å². The average molecular weight is 244 g/mol. The van der Waals surface area contributed by atoms with Gasteiger partial charge >= 0.3 is 0 Å². The summed E-state index contributed by atoms with van der Waals surface area (Å²) in [5, 5.41) is 3.71. The topological polar surface area (TPSA) is 15.3 Å². The lowest BCUT2D eigenvalue weighted by Crippen LogP contribution is -2.38. The van der Waals surface area contributed by atoms with Crippen molar-refractivity contribution in [1.82, 2.24) is 10.2 Å². The van der Waals surface area contributed by atoms with E-state index in [1.807, 2.05) is 0 Å². The second-order valence-corrected chi connectivity index (χ2v) is 5.73. The molecule has 2 aliphatic rings. The summed E-state index contributed by atoms with van der Waals surface area (Å²) in [4.78, 5) is 2.59. The van der Waals surface area contributed by atoms with Crippen LogP contribution in [0.4, 0.5) is 0 Å². The van der Waals surface area contributed by atoms with Gasteiger partial charge in [0.25, 0.3) is 0 Å². The van der Waals surface area contributed by atoms with E-state index in [1.54, 1.807) is 5.56 Å². The molecule has 0 radical (unpaired) electrons. The van der Waals surface area contributed by atoms with Crippen molar-refractivity contribution in [1.29, 1.82) is 0 Å². The maximum Gasteiger partial charge on any atom is 0.0237 e. The van der Waals surface area contributed by atoms with Crippen LogP contribution in [-0.4, -0.2) is 30.6 Å². The molecule has 0 atom stereocenters. The first kappa shape index (κ1) is 12.2. The van der Waals surface area contributed by atoms with Crippen molar-refractivity contribution < 1.29 is 0 Å². The molecule has 3 rings (SSSR count). The Morgan fingerprint density at radius 2 is 1.89 bits per heavy atom. The molecule has 1 aromatic carbocycles. The van der Waals surface area contributed by atoms with Crippen molar-refractivity contribution in [3.05, 3.63) is 35.4 Å². The molecule has 98 valence electrons. The van der Waals surface area contributed by atoms with E-state index >= 15 is 0 Å². The fraction of sp³-hybridized carbons (Fsp3) is 0.625. The van der Waals surface area contributed by atoms with Crippen LogP contribution < -0.4 is 5.32 Å². The summed E-state index contributed by atoms with van der Waals surface area (Å²) >= 11 is 0. The van der Waals surface area contributed by atoms with E-state index in [0.717, 1.165) is 19.1 Å². The van der Waals surface area contributed by atoms with Gasteiger partial charge in [-0.25, -0.2) is 0 Å². The average Bonchev–Trinajstić information content (AvgIpc) is 2.92. The number of benzene rings is 1. The third-order valence-electron chi connectivity index (χ3n) is 4.43. The van der Waals surface area contributed by atoms with Crippen LogP contribution in [0.3, 0.4) is 0 Å². The normalized spacial score (nSPS) is 21.1. The van der Waals surface area contributed by atoms with Crippen LogP contribution in [0.2, 0.25) is 0 Å². The van der Waals surface area contributed by atoms with Crippen LogP contribution >= 0.6 is 0 Å². The van der Waals surface area contributed by atoms with Crippen LogP contribution in [-0.2, 0) is 13.0 Å². The van der Waals surface area contributed by atoms with Gasteiger partial charge in [-0.3, -0.25) is 4.90 Å². The van der Waals surface area contributed by atoms with Gasteiger partial charge in [0.2, 0.25) is 0 Å². The zero-order valence-electron chi connectivity index (χ0n) is 11.2. The summed E-state index contributed by atoms with van der Waals surface area (Å²) in [7, 11) is 0. The molecule has 0 aromatic heterocycles. The summed E-state index contributed by atoms with van der Waals surface area (Å²) in [6.45, 7) is 4.73. The number of rotatable bonds is 4. The fourth-order valence-corrected chi connectivity index (χ4v) is 3.30. The SMILES string of the molecule is c1ccc2c(c1)CCN(CCNC1CCCC1)C2. The highest BCUT2D eigenvalue weighted by atomic mass is 15.1. The van der Waals surface area contributed by atoms with Gasteiger partial charge in [0.05, 0.1) is 0 Å². The van der Waals surface area contributed by atoms with Crippen LogP contribution in [0, 0.1) is 0 Å². The molecule has 0 bridgehead atoms. The Balaban J connectivity index is 1.44. The number of fused-ring (bicyclic) bond motifs is 1. The summed E-state index contributed by atoms with van der Waals surface area (Å²) in [5.41, 5.74) is 3.09. The quantitative estimate of drug-likeness (QED) is 0.876. The Hall–Kier alpha value is -0.860. The van der Waals surface area contributed by atoms with Crippen LogP contribution in [0.15, 0.2) is 24.3 Å². The van der Waals surface area contributed by atoms with E-state index in [2.05, 4.69) is 34.5 Å².